The molecule has 0 saturated heterocycles. The second-order valence-electron chi connectivity index (χ2n) is 5.87. The maximum Gasteiger partial charge on any atom is 0.261 e. The SMILES string of the molecule is CNC(=O)c1ccc(NC(=S)NC(=O)c2cc(Br)ccc2OC(C)C)cc1. The number of amides is 2. The molecule has 2 aromatic rings. The van der Waals surface area contributed by atoms with E-state index in [1.165, 1.54) is 0 Å². The Hall–Kier alpha value is -2.45. The van der Waals surface area contributed by atoms with Crippen LogP contribution in [0.25, 0.3) is 0 Å². The molecule has 0 fully saturated rings. The average molecular weight is 450 g/mol. The fourth-order valence-electron chi connectivity index (χ4n) is 2.22. The molecule has 0 aromatic heterocycles. The van der Waals surface area contributed by atoms with Gasteiger partial charge in [-0.2, -0.15) is 0 Å². The number of halogens is 1. The lowest BCUT2D eigenvalue weighted by Crippen LogP contribution is -2.34. The van der Waals surface area contributed by atoms with Crippen LogP contribution in [-0.2, 0) is 0 Å². The fraction of sp³-hybridized carbons (Fsp3) is 0.211. The summed E-state index contributed by atoms with van der Waals surface area (Å²) in [4.78, 5) is 24.1. The van der Waals surface area contributed by atoms with Crippen molar-refractivity contribution in [2.24, 2.45) is 0 Å². The van der Waals surface area contributed by atoms with Crippen molar-refractivity contribution in [1.29, 1.82) is 0 Å². The van der Waals surface area contributed by atoms with Crippen LogP contribution in [0.5, 0.6) is 5.75 Å². The largest absolute Gasteiger partial charge is 0.490 e. The van der Waals surface area contributed by atoms with Crippen molar-refractivity contribution < 1.29 is 14.3 Å². The molecule has 0 radical (unpaired) electrons. The highest BCUT2D eigenvalue weighted by Crippen LogP contribution is 2.24. The molecule has 0 spiro atoms. The first kappa shape index (κ1) is 20.9. The van der Waals surface area contributed by atoms with Crippen LogP contribution in [0.4, 0.5) is 5.69 Å². The van der Waals surface area contributed by atoms with E-state index in [1.807, 2.05) is 13.8 Å². The lowest BCUT2D eigenvalue weighted by atomic mass is 10.2. The van der Waals surface area contributed by atoms with Crippen LogP contribution in [0.3, 0.4) is 0 Å². The van der Waals surface area contributed by atoms with Gasteiger partial charge in [-0.25, -0.2) is 0 Å². The Balaban J connectivity index is 2.06. The first-order valence-electron chi connectivity index (χ1n) is 8.21. The van der Waals surface area contributed by atoms with Crippen molar-refractivity contribution in [3.8, 4) is 5.75 Å². The van der Waals surface area contributed by atoms with E-state index in [9.17, 15) is 9.59 Å². The summed E-state index contributed by atoms with van der Waals surface area (Å²) < 4.78 is 6.44. The van der Waals surface area contributed by atoms with Crippen molar-refractivity contribution in [3.05, 3.63) is 58.1 Å². The zero-order chi connectivity index (χ0) is 20.0. The molecule has 0 aliphatic carbocycles. The van der Waals surface area contributed by atoms with Gasteiger partial charge >= 0.3 is 0 Å². The molecule has 142 valence electrons. The molecule has 0 aliphatic heterocycles. The van der Waals surface area contributed by atoms with Crippen molar-refractivity contribution in [2.45, 2.75) is 20.0 Å². The van der Waals surface area contributed by atoms with E-state index in [1.54, 1.807) is 49.5 Å². The van der Waals surface area contributed by atoms with Crippen LogP contribution >= 0.6 is 28.1 Å². The molecule has 3 N–H and O–H groups in total. The highest BCUT2D eigenvalue weighted by molar-refractivity contribution is 9.10. The molecule has 2 amide bonds. The van der Waals surface area contributed by atoms with Crippen molar-refractivity contribution in [2.75, 3.05) is 12.4 Å². The zero-order valence-electron chi connectivity index (χ0n) is 15.1. The van der Waals surface area contributed by atoms with Crippen LogP contribution < -0.4 is 20.7 Å². The first-order chi connectivity index (χ1) is 12.8. The number of rotatable bonds is 5. The third-order valence-corrected chi connectivity index (χ3v) is 4.11. The third-order valence-electron chi connectivity index (χ3n) is 3.41. The number of benzene rings is 2. The van der Waals surface area contributed by atoms with E-state index >= 15 is 0 Å². The van der Waals surface area contributed by atoms with Gasteiger partial charge < -0.3 is 15.4 Å². The van der Waals surface area contributed by atoms with Crippen LogP contribution in [0, 0.1) is 0 Å². The maximum atomic E-state index is 12.6. The van der Waals surface area contributed by atoms with Gasteiger partial charge in [0.05, 0.1) is 11.7 Å². The number of carbonyl (C=O) groups is 2. The Morgan fingerprint density at radius 2 is 1.74 bits per heavy atom. The summed E-state index contributed by atoms with van der Waals surface area (Å²) in [6, 6.07) is 11.9. The normalized spacial score (nSPS) is 10.3. The second-order valence-corrected chi connectivity index (χ2v) is 7.20. The molecule has 0 bridgehead atoms. The maximum absolute atomic E-state index is 12.6. The monoisotopic (exact) mass is 449 g/mol. The predicted octanol–water partition coefficient (Wildman–Crippen LogP) is 3.72. The molecule has 0 saturated carbocycles. The Bertz CT molecular complexity index is 854. The molecule has 2 aromatic carbocycles. The van der Waals surface area contributed by atoms with Gasteiger partial charge in [0.1, 0.15) is 5.75 Å². The highest BCUT2D eigenvalue weighted by atomic mass is 79.9. The van der Waals surface area contributed by atoms with Crippen molar-refractivity contribution in [3.63, 3.8) is 0 Å². The lowest BCUT2D eigenvalue weighted by Gasteiger charge is -2.15. The summed E-state index contributed by atoms with van der Waals surface area (Å²) in [6.07, 6.45) is -0.0679. The minimum absolute atomic E-state index is 0.0679. The topological polar surface area (TPSA) is 79.5 Å². The molecule has 0 aliphatic rings. The number of hydrogen-bond donors (Lipinski definition) is 3. The highest BCUT2D eigenvalue weighted by Gasteiger charge is 2.16. The van der Waals surface area contributed by atoms with E-state index in [0.29, 0.717) is 22.6 Å². The minimum Gasteiger partial charge on any atom is -0.490 e. The number of thiocarbonyl (C=S) groups is 1. The van der Waals surface area contributed by atoms with E-state index in [2.05, 4.69) is 31.9 Å². The summed E-state index contributed by atoms with van der Waals surface area (Å²) in [5, 5.41) is 8.25. The molecular formula is C19H20BrN3O3S. The number of ether oxygens (including phenoxy) is 1. The zero-order valence-corrected chi connectivity index (χ0v) is 17.5. The minimum atomic E-state index is -0.383. The van der Waals surface area contributed by atoms with Gasteiger partial charge in [0, 0.05) is 22.8 Å². The van der Waals surface area contributed by atoms with Crippen LogP contribution in [-0.4, -0.2) is 30.1 Å². The number of anilines is 1. The van der Waals surface area contributed by atoms with Gasteiger partial charge in [-0.15, -0.1) is 0 Å². The number of hydrogen-bond acceptors (Lipinski definition) is 4. The molecule has 27 heavy (non-hydrogen) atoms. The van der Waals surface area contributed by atoms with Crippen LogP contribution in [0.15, 0.2) is 46.9 Å². The van der Waals surface area contributed by atoms with E-state index < -0.39 is 0 Å². The van der Waals surface area contributed by atoms with Gasteiger partial charge in [-0.05, 0) is 68.5 Å². The first-order valence-corrected chi connectivity index (χ1v) is 9.41. The quantitative estimate of drug-likeness (QED) is 0.606. The standard InChI is InChI=1S/C19H20BrN3O3S/c1-11(2)26-16-9-6-13(20)10-15(16)18(25)23-19(27)22-14-7-4-12(5-8-14)17(24)21-3/h4-11H,1-3H3,(H,21,24)(H2,22,23,25,27). The molecule has 0 atom stereocenters. The van der Waals surface area contributed by atoms with E-state index in [-0.39, 0.29) is 23.0 Å². The lowest BCUT2D eigenvalue weighted by molar-refractivity contribution is 0.0958. The molecular weight excluding hydrogens is 430 g/mol. The van der Waals surface area contributed by atoms with Gasteiger partial charge in [-0.3, -0.25) is 14.9 Å². The van der Waals surface area contributed by atoms with E-state index in [0.717, 1.165) is 4.47 Å². The average Bonchev–Trinajstić information content (AvgIpc) is 2.62. The molecule has 0 unspecified atom stereocenters. The number of nitrogens with one attached hydrogen (secondary N) is 3. The molecule has 2 rings (SSSR count). The summed E-state index contributed by atoms with van der Waals surface area (Å²) >= 11 is 8.57. The van der Waals surface area contributed by atoms with Gasteiger partial charge in [0.25, 0.3) is 11.8 Å². The van der Waals surface area contributed by atoms with Crippen molar-refractivity contribution >= 4 is 50.8 Å². The van der Waals surface area contributed by atoms with Crippen LogP contribution in [0.2, 0.25) is 0 Å². The third kappa shape index (κ3) is 6.04. The van der Waals surface area contributed by atoms with Crippen molar-refractivity contribution in [1.82, 2.24) is 10.6 Å². The van der Waals surface area contributed by atoms with Gasteiger partial charge in [0.2, 0.25) is 0 Å². The molecule has 0 heterocycles. The Morgan fingerprint density at radius 3 is 2.33 bits per heavy atom. The molecule has 6 nitrogen and oxygen atoms in total. The van der Waals surface area contributed by atoms with Gasteiger partial charge in [-0.1, -0.05) is 15.9 Å². The fourth-order valence-corrected chi connectivity index (χ4v) is 2.79. The summed E-state index contributed by atoms with van der Waals surface area (Å²) in [5.41, 5.74) is 1.56. The summed E-state index contributed by atoms with van der Waals surface area (Å²) in [5.74, 6) is -0.0837. The van der Waals surface area contributed by atoms with Gasteiger partial charge in [0.15, 0.2) is 5.11 Å². The Labute approximate surface area is 171 Å². The molecule has 8 heteroatoms. The Kier molecular flexibility index (Phi) is 7.32. The summed E-state index contributed by atoms with van der Waals surface area (Å²) in [6.45, 7) is 3.77. The smallest absolute Gasteiger partial charge is 0.261 e. The summed E-state index contributed by atoms with van der Waals surface area (Å²) in [7, 11) is 1.57. The predicted molar refractivity (Wildman–Crippen MR) is 113 cm³/mol. The van der Waals surface area contributed by atoms with Crippen LogP contribution in [0.1, 0.15) is 34.6 Å². The van der Waals surface area contributed by atoms with E-state index in [4.69, 9.17) is 17.0 Å². The Morgan fingerprint density at radius 1 is 1.07 bits per heavy atom. The number of carbonyl (C=O) groups excluding carboxylic acids is 2. The second kappa shape index (κ2) is 9.48.